The normalized spacial score (nSPS) is 18.9. The van der Waals surface area contributed by atoms with Crippen molar-refractivity contribution in [3.8, 4) is 0 Å². The Kier molecular flexibility index (Phi) is 4.88. The highest BCUT2D eigenvalue weighted by Gasteiger charge is 2.44. The standard InChI is InChI=1S/C16H24ClNO/c1-4-18-15(16(19-3)8-5-9-16)11-13-7-6-12(2)10-14(13)17/h6-7,10,15,18H,4-5,8-9,11H2,1-3H3. The molecule has 0 amide bonds. The summed E-state index contributed by atoms with van der Waals surface area (Å²) in [5.74, 6) is 0. The minimum absolute atomic E-state index is 0.00419. The number of hydrogen-bond donors (Lipinski definition) is 1. The van der Waals surface area contributed by atoms with Crippen LogP contribution in [0.4, 0.5) is 0 Å². The van der Waals surface area contributed by atoms with E-state index in [4.69, 9.17) is 16.3 Å². The van der Waals surface area contributed by atoms with Crippen LogP contribution < -0.4 is 5.32 Å². The Hall–Kier alpha value is -0.570. The summed E-state index contributed by atoms with van der Waals surface area (Å²) in [6.45, 7) is 5.17. The largest absolute Gasteiger partial charge is 0.377 e. The quantitative estimate of drug-likeness (QED) is 0.858. The number of rotatable bonds is 6. The molecule has 2 rings (SSSR count). The number of halogens is 1. The molecule has 0 bridgehead atoms. The molecule has 1 saturated carbocycles. The van der Waals surface area contributed by atoms with Crippen LogP contribution >= 0.6 is 11.6 Å². The first-order chi connectivity index (χ1) is 9.11. The molecule has 1 aromatic rings. The molecule has 1 unspecified atom stereocenters. The lowest BCUT2D eigenvalue weighted by molar-refractivity contribution is -0.0978. The first-order valence-electron chi connectivity index (χ1n) is 7.15. The molecule has 0 aromatic heterocycles. The van der Waals surface area contributed by atoms with E-state index in [1.54, 1.807) is 0 Å². The molecular formula is C16H24ClNO. The fourth-order valence-corrected chi connectivity index (χ4v) is 3.26. The van der Waals surface area contributed by atoms with Gasteiger partial charge in [0, 0.05) is 18.2 Å². The first-order valence-corrected chi connectivity index (χ1v) is 7.52. The summed E-state index contributed by atoms with van der Waals surface area (Å²) in [6, 6.07) is 6.66. The average molecular weight is 282 g/mol. The van der Waals surface area contributed by atoms with E-state index in [9.17, 15) is 0 Å². The Bertz CT molecular complexity index is 423. The second kappa shape index (κ2) is 6.25. The highest BCUT2D eigenvalue weighted by molar-refractivity contribution is 6.31. The molecule has 0 heterocycles. The summed E-state index contributed by atoms with van der Waals surface area (Å²) >= 11 is 6.36. The maximum Gasteiger partial charge on any atom is 0.0834 e. The number of methoxy groups -OCH3 is 1. The molecule has 0 spiro atoms. The lowest BCUT2D eigenvalue weighted by Crippen LogP contribution is -2.57. The molecule has 0 aliphatic heterocycles. The van der Waals surface area contributed by atoms with Gasteiger partial charge < -0.3 is 10.1 Å². The zero-order chi connectivity index (χ0) is 13.9. The summed E-state index contributed by atoms with van der Waals surface area (Å²) in [4.78, 5) is 0. The maximum absolute atomic E-state index is 6.36. The van der Waals surface area contributed by atoms with E-state index in [0.29, 0.717) is 6.04 Å². The van der Waals surface area contributed by atoms with Gasteiger partial charge in [-0.1, -0.05) is 30.7 Å². The van der Waals surface area contributed by atoms with Gasteiger partial charge in [0.05, 0.1) is 5.60 Å². The summed E-state index contributed by atoms with van der Waals surface area (Å²) in [5.41, 5.74) is 2.42. The Labute approximate surface area is 121 Å². The SMILES string of the molecule is CCNC(Cc1ccc(C)cc1Cl)C1(OC)CCC1. The first kappa shape index (κ1) is 14.8. The van der Waals surface area contributed by atoms with Crippen LogP contribution in [0.25, 0.3) is 0 Å². The maximum atomic E-state index is 6.36. The van der Waals surface area contributed by atoms with Crippen molar-refractivity contribution in [1.29, 1.82) is 0 Å². The predicted octanol–water partition coefficient (Wildman–Crippen LogP) is 3.74. The minimum Gasteiger partial charge on any atom is -0.377 e. The van der Waals surface area contributed by atoms with E-state index < -0.39 is 0 Å². The number of ether oxygens (including phenoxy) is 1. The number of hydrogen-bond acceptors (Lipinski definition) is 2. The molecule has 0 saturated heterocycles. The van der Waals surface area contributed by atoms with Crippen LogP contribution in [0.1, 0.15) is 37.3 Å². The van der Waals surface area contributed by atoms with Crippen LogP contribution in [0.3, 0.4) is 0 Å². The van der Waals surface area contributed by atoms with E-state index in [2.05, 4.69) is 31.3 Å². The lowest BCUT2D eigenvalue weighted by atomic mass is 9.72. The number of nitrogens with one attached hydrogen (secondary N) is 1. The van der Waals surface area contributed by atoms with Gasteiger partial charge >= 0.3 is 0 Å². The molecule has 3 heteroatoms. The van der Waals surface area contributed by atoms with E-state index in [1.807, 2.05) is 13.2 Å². The fraction of sp³-hybridized carbons (Fsp3) is 0.625. The highest BCUT2D eigenvalue weighted by Crippen LogP contribution is 2.39. The van der Waals surface area contributed by atoms with Gasteiger partial charge in [0.25, 0.3) is 0 Å². The van der Waals surface area contributed by atoms with Gasteiger partial charge in [-0.15, -0.1) is 0 Å². The Morgan fingerprint density at radius 1 is 1.42 bits per heavy atom. The lowest BCUT2D eigenvalue weighted by Gasteiger charge is -2.47. The van der Waals surface area contributed by atoms with Gasteiger partial charge in [0.1, 0.15) is 0 Å². The zero-order valence-electron chi connectivity index (χ0n) is 12.1. The van der Waals surface area contributed by atoms with Crippen LogP contribution in [-0.4, -0.2) is 25.3 Å². The monoisotopic (exact) mass is 281 g/mol. The topological polar surface area (TPSA) is 21.3 Å². The van der Waals surface area contributed by atoms with Crippen molar-refractivity contribution in [1.82, 2.24) is 5.32 Å². The molecule has 1 aromatic carbocycles. The molecule has 1 fully saturated rings. The number of aryl methyl sites for hydroxylation is 1. The molecule has 1 aliphatic rings. The van der Waals surface area contributed by atoms with E-state index >= 15 is 0 Å². The third-order valence-electron chi connectivity index (χ3n) is 4.32. The van der Waals surface area contributed by atoms with E-state index in [0.717, 1.165) is 30.8 Å². The van der Waals surface area contributed by atoms with E-state index in [1.165, 1.54) is 17.5 Å². The van der Waals surface area contributed by atoms with Gasteiger partial charge in [-0.2, -0.15) is 0 Å². The van der Waals surface area contributed by atoms with Crippen molar-refractivity contribution in [2.45, 2.75) is 51.2 Å². The van der Waals surface area contributed by atoms with Crippen LogP contribution in [0.15, 0.2) is 18.2 Å². The minimum atomic E-state index is 0.00419. The third-order valence-corrected chi connectivity index (χ3v) is 4.68. The average Bonchev–Trinajstić information content (AvgIpc) is 2.32. The van der Waals surface area contributed by atoms with Gasteiger partial charge in [-0.3, -0.25) is 0 Å². The smallest absolute Gasteiger partial charge is 0.0834 e. The van der Waals surface area contributed by atoms with Crippen LogP contribution in [-0.2, 0) is 11.2 Å². The fourth-order valence-electron chi connectivity index (χ4n) is 2.95. The van der Waals surface area contributed by atoms with E-state index in [-0.39, 0.29) is 5.60 Å². The molecule has 106 valence electrons. The molecule has 19 heavy (non-hydrogen) atoms. The van der Waals surface area contributed by atoms with Crippen LogP contribution in [0.5, 0.6) is 0 Å². The van der Waals surface area contributed by atoms with Gasteiger partial charge in [0.2, 0.25) is 0 Å². The van der Waals surface area contributed by atoms with Crippen molar-refractivity contribution in [2.75, 3.05) is 13.7 Å². The Balaban J connectivity index is 2.16. The summed E-state index contributed by atoms with van der Waals surface area (Å²) in [7, 11) is 1.83. The van der Waals surface area contributed by atoms with Crippen molar-refractivity contribution >= 4 is 11.6 Å². The number of benzene rings is 1. The third kappa shape index (κ3) is 3.13. The van der Waals surface area contributed by atoms with Crippen LogP contribution in [0, 0.1) is 6.92 Å². The van der Waals surface area contributed by atoms with Gasteiger partial charge in [-0.25, -0.2) is 0 Å². The van der Waals surface area contributed by atoms with Crippen molar-refractivity contribution in [3.63, 3.8) is 0 Å². The second-order valence-corrected chi connectivity index (χ2v) is 5.94. The molecule has 1 atom stereocenters. The Morgan fingerprint density at radius 3 is 2.63 bits per heavy atom. The van der Waals surface area contributed by atoms with Crippen LogP contribution in [0.2, 0.25) is 5.02 Å². The number of likely N-dealkylation sites (N-methyl/N-ethyl adjacent to an activating group) is 1. The molecular weight excluding hydrogens is 258 g/mol. The summed E-state index contributed by atoms with van der Waals surface area (Å²) in [6.07, 6.45) is 4.48. The summed E-state index contributed by atoms with van der Waals surface area (Å²) in [5, 5.41) is 4.45. The molecule has 1 aliphatic carbocycles. The second-order valence-electron chi connectivity index (χ2n) is 5.53. The zero-order valence-corrected chi connectivity index (χ0v) is 12.9. The molecule has 1 N–H and O–H groups in total. The highest BCUT2D eigenvalue weighted by atomic mass is 35.5. The Morgan fingerprint density at radius 2 is 2.16 bits per heavy atom. The summed E-state index contributed by atoms with van der Waals surface area (Å²) < 4.78 is 5.82. The van der Waals surface area contributed by atoms with Gasteiger partial charge in [-0.05, 0) is 56.3 Å². The van der Waals surface area contributed by atoms with Crippen molar-refractivity contribution < 1.29 is 4.74 Å². The van der Waals surface area contributed by atoms with Crippen molar-refractivity contribution in [2.24, 2.45) is 0 Å². The molecule has 2 nitrogen and oxygen atoms in total. The molecule has 0 radical (unpaired) electrons. The predicted molar refractivity (Wildman–Crippen MR) is 80.9 cm³/mol. The van der Waals surface area contributed by atoms with Gasteiger partial charge in [0.15, 0.2) is 0 Å². The van der Waals surface area contributed by atoms with Crippen molar-refractivity contribution in [3.05, 3.63) is 34.3 Å².